The number of ether oxygens (including phenoxy) is 2. The topological polar surface area (TPSA) is 111 Å². The van der Waals surface area contributed by atoms with E-state index in [-0.39, 0.29) is 16.1 Å². The number of hydrogen-bond acceptors (Lipinski definition) is 6. The van der Waals surface area contributed by atoms with Crippen molar-refractivity contribution in [2.24, 2.45) is 0 Å². The lowest BCUT2D eigenvalue weighted by Crippen LogP contribution is -2.22. The van der Waals surface area contributed by atoms with Crippen LogP contribution in [0.4, 0.5) is 11.4 Å². The molecule has 0 heterocycles. The van der Waals surface area contributed by atoms with E-state index >= 15 is 0 Å². The lowest BCUT2D eigenvalue weighted by atomic mass is 10.2. The Hall–Kier alpha value is -3.85. The molecule has 3 rings (SSSR count). The molecule has 0 unspecified atom stereocenters. The molecule has 1 amide bonds. The average molecular weight is 469 g/mol. The molecule has 0 saturated heterocycles. The number of amides is 1. The fourth-order valence-corrected chi connectivity index (χ4v) is 4.50. The van der Waals surface area contributed by atoms with Crippen molar-refractivity contribution in [2.75, 3.05) is 23.8 Å². The SMILES string of the molecule is COc1ccccc1NC(=O)COC(=O)c1ccccc1NS(=O)(=O)c1cc(C)ccc1C. The van der Waals surface area contributed by atoms with Crippen LogP contribution in [-0.4, -0.2) is 34.0 Å². The van der Waals surface area contributed by atoms with Crippen LogP contribution in [0.2, 0.25) is 0 Å². The maximum Gasteiger partial charge on any atom is 0.340 e. The Morgan fingerprint density at radius 2 is 1.58 bits per heavy atom. The Morgan fingerprint density at radius 3 is 2.30 bits per heavy atom. The second kappa shape index (κ2) is 10.2. The molecule has 3 aromatic rings. The van der Waals surface area contributed by atoms with Crippen molar-refractivity contribution >= 4 is 33.3 Å². The van der Waals surface area contributed by atoms with Gasteiger partial charge in [0.15, 0.2) is 6.61 Å². The summed E-state index contributed by atoms with van der Waals surface area (Å²) >= 11 is 0. The summed E-state index contributed by atoms with van der Waals surface area (Å²) in [6, 6.07) is 17.9. The van der Waals surface area contributed by atoms with Crippen molar-refractivity contribution in [2.45, 2.75) is 18.7 Å². The number of hydrogen-bond donors (Lipinski definition) is 2. The van der Waals surface area contributed by atoms with Gasteiger partial charge in [0.25, 0.3) is 15.9 Å². The van der Waals surface area contributed by atoms with Gasteiger partial charge >= 0.3 is 5.97 Å². The van der Waals surface area contributed by atoms with E-state index in [1.54, 1.807) is 62.4 Å². The van der Waals surface area contributed by atoms with Crippen LogP contribution in [0.5, 0.6) is 5.75 Å². The molecule has 33 heavy (non-hydrogen) atoms. The van der Waals surface area contributed by atoms with Crippen LogP contribution in [0.25, 0.3) is 0 Å². The van der Waals surface area contributed by atoms with Crippen LogP contribution in [0.15, 0.2) is 71.6 Å². The maximum atomic E-state index is 12.9. The van der Waals surface area contributed by atoms with Crippen LogP contribution in [-0.2, 0) is 19.6 Å². The minimum Gasteiger partial charge on any atom is -0.495 e. The highest BCUT2D eigenvalue weighted by Gasteiger charge is 2.21. The van der Waals surface area contributed by atoms with Gasteiger partial charge in [-0.15, -0.1) is 0 Å². The van der Waals surface area contributed by atoms with E-state index in [9.17, 15) is 18.0 Å². The summed E-state index contributed by atoms with van der Waals surface area (Å²) in [7, 11) is -2.48. The van der Waals surface area contributed by atoms with E-state index in [2.05, 4.69) is 10.0 Å². The number of methoxy groups -OCH3 is 1. The van der Waals surface area contributed by atoms with E-state index in [0.717, 1.165) is 5.56 Å². The first kappa shape index (κ1) is 23.8. The summed E-state index contributed by atoms with van der Waals surface area (Å²) in [5.74, 6) is -0.950. The van der Waals surface area contributed by atoms with Crippen LogP contribution >= 0.6 is 0 Å². The second-order valence-electron chi connectivity index (χ2n) is 7.24. The summed E-state index contributed by atoms with van der Waals surface area (Å²) in [6.07, 6.45) is 0. The van der Waals surface area contributed by atoms with E-state index in [1.165, 1.54) is 19.2 Å². The van der Waals surface area contributed by atoms with E-state index in [1.807, 2.05) is 6.07 Å². The number of nitrogens with one attached hydrogen (secondary N) is 2. The molecule has 0 aliphatic rings. The van der Waals surface area contributed by atoms with Gasteiger partial charge in [0.2, 0.25) is 0 Å². The van der Waals surface area contributed by atoms with Gasteiger partial charge in [0.05, 0.1) is 28.9 Å². The summed E-state index contributed by atoms with van der Waals surface area (Å²) in [5, 5.41) is 2.60. The molecule has 172 valence electrons. The Balaban J connectivity index is 1.72. The summed E-state index contributed by atoms with van der Waals surface area (Å²) in [4.78, 5) is 25.0. The third-order valence-electron chi connectivity index (χ3n) is 4.74. The van der Waals surface area contributed by atoms with Crippen LogP contribution in [0, 0.1) is 13.8 Å². The Bertz CT molecular complexity index is 1290. The first-order valence-electron chi connectivity index (χ1n) is 10.0. The molecule has 0 spiro atoms. The van der Waals surface area contributed by atoms with Gasteiger partial charge < -0.3 is 14.8 Å². The first-order chi connectivity index (χ1) is 15.7. The molecule has 0 aromatic heterocycles. The zero-order valence-corrected chi connectivity index (χ0v) is 19.2. The van der Waals surface area contributed by atoms with Crippen molar-refractivity contribution in [1.82, 2.24) is 0 Å². The van der Waals surface area contributed by atoms with E-state index in [0.29, 0.717) is 17.0 Å². The molecule has 0 fully saturated rings. The fourth-order valence-electron chi connectivity index (χ4n) is 3.09. The zero-order valence-electron chi connectivity index (χ0n) is 18.4. The quantitative estimate of drug-likeness (QED) is 0.485. The molecule has 2 N–H and O–H groups in total. The minimum absolute atomic E-state index is 0.0172. The lowest BCUT2D eigenvalue weighted by Gasteiger charge is -2.14. The molecule has 0 aliphatic heterocycles. The largest absolute Gasteiger partial charge is 0.495 e. The Morgan fingerprint density at radius 1 is 0.909 bits per heavy atom. The maximum absolute atomic E-state index is 12.9. The third-order valence-corrected chi connectivity index (χ3v) is 6.25. The van der Waals surface area contributed by atoms with Crippen molar-refractivity contribution in [3.63, 3.8) is 0 Å². The number of benzene rings is 3. The number of esters is 1. The summed E-state index contributed by atoms with van der Waals surface area (Å²) in [5.41, 5.74) is 1.82. The number of sulfonamides is 1. The molecule has 0 bridgehead atoms. The smallest absolute Gasteiger partial charge is 0.340 e. The third kappa shape index (κ3) is 5.89. The van der Waals surface area contributed by atoms with Gasteiger partial charge in [-0.2, -0.15) is 0 Å². The van der Waals surface area contributed by atoms with Gasteiger partial charge in [0.1, 0.15) is 5.75 Å². The lowest BCUT2D eigenvalue weighted by molar-refractivity contribution is -0.119. The molecule has 3 aromatic carbocycles. The molecule has 8 nitrogen and oxygen atoms in total. The Labute approximate surface area is 192 Å². The normalized spacial score (nSPS) is 10.9. The van der Waals surface area contributed by atoms with E-state index in [4.69, 9.17) is 9.47 Å². The van der Waals surface area contributed by atoms with Gasteiger partial charge in [-0.05, 0) is 55.3 Å². The van der Waals surface area contributed by atoms with Gasteiger partial charge in [-0.25, -0.2) is 13.2 Å². The average Bonchev–Trinajstić information content (AvgIpc) is 2.79. The second-order valence-corrected chi connectivity index (χ2v) is 8.90. The van der Waals surface area contributed by atoms with Crippen molar-refractivity contribution in [3.8, 4) is 5.75 Å². The predicted molar refractivity (Wildman–Crippen MR) is 125 cm³/mol. The molecule has 0 saturated carbocycles. The van der Waals surface area contributed by atoms with Crippen molar-refractivity contribution in [3.05, 3.63) is 83.4 Å². The van der Waals surface area contributed by atoms with Gasteiger partial charge in [-0.3, -0.25) is 9.52 Å². The van der Waals surface area contributed by atoms with Crippen molar-refractivity contribution in [1.29, 1.82) is 0 Å². The Kier molecular flexibility index (Phi) is 7.34. The number of aryl methyl sites for hydroxylation is 2. The van der Waals surface area contributed by atoms with Crippen LogP contribution < -0.4 is 14.8 Å². The van der Waals surface area contributed by atoms with Gasteiger partial charge in [0, 0.05) is 0 Å². The van der Waals surface area contributed by atoms with Crippen LogP contribution in [0.3, 0.4) is 0 Å². The molecule has 0 radical (unpaired) electrons. The standard InChI is InChI=1S/C24H24N2O6S/c1-16-12-13-17(2)22(14-16)33(29,30)26-19-9-5-4-8-18(19)24(28)32-15-23(27)25-20-10-6-7-11-21(20)31-3/h4-14,26H,15H2,1-3H3,(H,25,27). The number of carbonyl (C=O) groups is 2. The first-order valence-corrected chi connectivity index (χ1v) is 11.5. The highest BCUT2D eigenvalue weighted by Crippen LogP contribution is 2.24. The molecule has 9 heteroatoms. The zero-order chi connectivity index (χ0) is 24.0. The monoisotopic (exact) mass is 468 g/mol. The van der Waals surface area contributed by atoms with Crippen molar-refractivity contribution < 1.29 is 27.5 Å². The van der Waals surface area contributed by atoms with Crippen LogP contribution in [0.1, 0.15) is 21.5 Å². The highest BCUT2D eigenvalue weighted by atomic mass is 32.2. The van der Waals surface area contributed by atoms with E-state index < -0.39 is 28.5 Å². The number of anilines is 2. The minimum atomic E-state index is -3.95. The summed E-state index contributed by atoms with van der Waals surface area (Å²) < 4.78 is 38.6. The molecule has 0 atom stereocenters. The molecular formula is C24H24N2O6S. The number of carbonyl (C=O) groups excluding carboxylic acids is 2. The fraction of sp³-hybridized carbons (Fsp3) is 0.167. The number of para-hydroxylation sites is 3. The molecule has 0 aliphatic carbocycles. The molecular weight excluding hydrogens is 444 g/mol. The highest BCUT2D eigenvalue weighted by molar-refractivity contribution is 7.92. The summed E-state index contributed by atoms with van der Waals surface area (Å²) in [6.45, 7) is 2.92. The number of rotatable bonds is 8. The van der Waals surface area contributed by atoms with Gasteiger partial charge in [-0.1, -0.05) is 36.4 Å². The predicted octanol–water partition coefficient (Wildman–Crippen LogP) is 3.91.